The number of nitrogens with one attached hydrogen (secondary N) is 2. The molecule has 2 amide bonds. The van der Waals surface area contributed by atoms with Crippen molar-refractivity contribution in [3.8, 4) is 0 Å². The molecule has 118 valence electrons. The second-order valence-corrected chi connectivity index (χ2v) is 5.49. The van der Waals surface area contributed by atoms with Crippen LogP contribution in [0, 0.1) is 5.92 Å². The van der Waals surface area contributed by atoms with Gasteiger partial charge in [0.2, 0.25) is 5.91 Å². The summed E-state index contributed by atoms with van der Waals surface area (Å²) in [4.78, 5) is 23.1. The molecule has 21 heavy (non-hydrogen) atoms. The first kappa shape index (κ1) is 19.4. The highest BCUT2D eigenvalue weighted by Gasteiger charge is 2.28. The molecule has 6 heteroatoms. The molecule has 1 rings (SSSR count). The highest BCUT2D eigenvalue weighted by molar-refractivity contribution is 5.95. The zero-order valence-corrected chi connectivity index (χ0v) is 13.7. The molecule has 0 aliphatic heterocycles. The summed E-state index contributed by atoms with van der Waals surface area (Å²) in [7, 11) is 0. The zero-order valence-electron chi connectivity index (χ0n) is 12.9. The second-order valence-electron chi connectivity index (χ2n) is 5.49. The number of carbonyl (C=O) groups excluding carboxylic acids is 2. The lowest BCUT2D eigenvalue weighted by Crippen LogP contribution is -2.55. The van der Waals surface area contributed by atoms with E-state index in [0.29, 0.717) is 17.8 Å². The quantitative estimate of drug-likeness (QED) is 0.779. The van der Waals surface area contributed by atoms with Crippen molar-refractivity contribution in [3.05, 3.63) is 29.8 Å². The molecular weight excluding hydrogens is 290 g/mol. The van der Waals surface area contributed by atoms with Crippen molar-refractivity contribution in [2.75, 3.05) is 11.9 Å². The predicted octanol–water partition coefficient (Wildman–Crippen LogP) is 2.17. The van der Waals surface area contributed by atoms with Crippen LogP contribution in [-0.4, -0.2) is 23.9 Å². The Balaban J connectivity index is 0.00000400. The molecule has 0 saturated heterocycles. The molecule has 0 bridgehead atoms. The molecule has 0 fully saturated rings. The lowest BCUT2D eigenvalue weighted by molar-refractivity contribution is -0.114. The third-order valence-corrected chi connectivity index (χ3v) is 3.56. The van der Waals surface area contributed by atoms with Gasteiger partial charge in [0.05, 0.1) is 5.54 Å². The molecule has 0 aromatic heterocycles. The van der Waals surface area contributed by atoms with Crippen LogP contribution in [-0.2, 0) is 4.79 Å². The normalized spacial score (nSPS) is 13.0. The molecule has 0 aliphatic rings. The number of rotatable bonds is 5. The predicted molar refractivity (Wildman–Crippen MR) is 87.8 cm³/mol. The smallest absolute Gasteiger partial charge is 0.251 e. The van der Waals surface area contributed by atoms with Gasteiger partial charge in [0.15, 0.2) is 0 Å². The summed E-state index contributed by atoms with van der Waals surface area (Å²) in [6.07, 6.45) is 0. The molecule has 5 nitrogen and oxygen atoms in total. The third-order valence-electron chi connectivity index (χ3n) is 3.56. The first-order valence-corrected chi connectivity index (χ1v) is 6.68. The van der Waals surface area contributed by atoms with Crippen LogP contribution in [0.4, 0.5) is 5.69 Å². The van der Waals surface area contributed by atoms with Crippen LogP contribution in [0.25, 0.3) is 0 Å². The van der Waals surface area contributed by atoms with E-state index in [1.807, 2.05) is 20.8 Å². The Morgan fingerprint density at radius 2 is 1.76 bits per heavy atom. The third kappa shape index (κ3) is 5.36. The number of halogens is 1. The van der Waals surface area contributed by atoms with Crippen molar-refractivity contribution in [2.45, 2.75) is 33.2 Å². The second kappa shape index (κ2) is 8.00. The average molecular weight is 314 g/mol. The minimum atomic E-state index is -0.437. The van der Waals surface area contributed by atoms with Crippen LogP contribution in [0.15, 0.2) is 24.3 Å². The summed E-state index contributed by atoms with van der Waals surface area (Å²) in [6, 6.07) is 6.76. The number of benzene rings is 1. The summed E-state index contributed by atoms with van der Waals surface area (Å²) in [5.74, 6) is -0.0751. The van der Waals surface area contributed by atoms with Gasteiger partial charge in [-0.15, -0.1) is 12.4 Å². The van der Waals surface area contributed by atoms with Gasteiger partial charge in [0.1, 0.15) is 0 Å². The molecule has 1 aromatic rings. The molecule has 0 heterocycles. The van der Waals surface area contributed by atoms with Gasteiger partial charge in [0.25, 0.3) is 5.91 Å². The molecule has 0 saturated carbocycles. The highest BCUT2D eigenvalue weighted by atomic mass is 35.5. The topological polar surface area (TPSA) is 84.2 Å². The van der Waals surface area contributed by atoms with Crippen LogP contribution in [0.3, 0.4) is 0 Å². The number of amides is 2. The molecule has 0 aliphatic carbocycles. The standard InChI is InChI=1S/C15H23N3O2.ClH/c1-10(2)15(4,9-16)18-14(20)12-5-7-13(8-6-12)17-11(3)19;/h5-8,10H,9,16H2,1-4H3,(H,17,19)(H,18,20);1H. The highest BCUT2D eigenvalue weighted by Crippen LogP contribution is 2.16. The van der Waals surface area contributed by atoms with Gasteiger partial charge in [-0.1, -0.05) is 13.8 Å². The number of hydrogen-bond donors (Lipinski definition) is 3. The molecular formula is C15H24ClN3O2. The minimum absolute atomic E-state index is 0. The maximum Gasteiger partial charge on any atom is 0.251 e. The first-order valence-electron chi connectivity index (χ1n) is 6.68. The van der Waals surface area contributed by atoms with Crippen molar-refractivity contribution >= 4 is 29.9 Å². The van der Waals surface area contributed by atoms with Gasteiger partial charge in [-0.05, 0) is 37.1 Å². The Kier molecular flexibility index (Phi) is 7.39. The molecule has 1 aromatic carbocycles. The van der Waals surface area contributed by atoms with Crippen LogP contribution < -0.4 is 16.4 Å². The van der Waals surface area contributed by atoms with Crippen molar-refractivity contribution in [3.63, 3.8) is 0 Å². The van der Waals surface area contributed by atoms with Gasteiger partial charge >= 0.3 is 0 Å². The van der Waals surface area contributed by atoms with Gasteiger partial charge < -0.3 is 16.4 Å². The molecule has 1 unspecified atom stereocenters. The number of carbonyl (C=O) groups is 2. The number of nitrogens with two attached hydrogens (primary N) is 1. The number of anilines is 1. The Morgan fingerprint density at radius 1 is 1.24 bits per heavy atom. The SMILES string of the molecule is CC(=O)Nc1ccc(C(=O)NC(C)(CN)C(C)C)cc1.Cl. The van der Waals surface area contributed by atoms with Gasteiger partial charge in [-0.25, -0.2) is 0 Å². The first-order chi connectivity index (χ1) is 9.28. The van der Waals surface area contributed by atoms with Crippen LogP contribution in [0.2, 0.25) is 0 Å². The summed E-state index contributed by atoms with van der Waals surface area (Å²) >= 11 is 0. The van der Waals surface area contributed by atoms with E-state index < -0.39 is 5.54 Å². The van der Waals surface area contributed by atoms with Gasteiger partial charge in [0, 0.05) is 24.7 Å². The van der Waals surface area contributed by atoms with E-state index in [1.54, 1.807) is 24.3 Å². The van der Waals surface area contributed by atoms with Gasteiger partial charge in [-0.2, -0.15) is 0 Å². The van der Waals surface area contributed by atoms with E-state index in [4.69, 9.17) is 5.73 Å². The summed E-state index contributed by atoms with van der Waals surface area (Å²) in [5, 5.41) is 5.63. The van der Waals surface area contributed by atoms with E-state index in [9.17, 15) is 9.59 Å². The maximum absolute atomic E-state index is 12.2. The van der Waals surface area contributed by atoms with Crippen molar-refractivity contribution in [2.24, 2.45) is 11.7 Å². The van der Waals surface area contributed by atoms with E-state index in [1.165, 1.54) is 6.92 Å². The Bertz CT molecular complexity index is 488. The summed E-state index contributed by atoms with van der Waals surface area (Å²) in [5.41, 5.74) is 6.52. The van der Waals surface area contributed by atoms with Crippen molar-refractivity contribution in [1.82, 2.24) is 5.32 Å². The fraction of sp³-hybridized carbons (Fsp3) is 0.467. The van der Waals surface area contributed by atoms with E-state index in [-0.39, 0.29) is 30.1 Å². The Morgan fingerprint density at radius 3 is 2.14 bits per heavy atom. The fourth-order valence-electron chi connectivity index (χ4n) is 1.67. The molecule has 1 atom stereocenters. The average Bonchev–Trinajstić information content (AvgIpc) is 2.38. The summed E-state index contributed by atoms with van der Waals surface area (Å²) in [6.45, 7) is 7.79. The van der Waals surface area contributed by atoms with Crippen LogP contribution >= 0.6 is 12.4 Å². The Hall–Kier alpha value is -1.59. The summed E-state index contributed by atoms with van der Waals surface area (Å²) < 4.78 is 0. The van der Waals surface area contributed by atoms with Crippen molar-refractivity contribution < 1.29 is 9.59 Å². The van der Waals surface area contributed by atoms with E-state index in [2.05, 4.69) is 10.6 Å². The van der Waals surface area contributed by atoms with E-state index in [0.717, 1.165) is 0 Å². The van der Waals surface area contributed by atoms with Gasteiger partial charge in [-0.3, -0.25) is 9.59 Å². The maximum atomic E-state index is 12.2. The van der Waals surface area contributed by atoms with Crippen molar-refractivity contribution in [1.29, 1.82) is 0 Å². The Labute approximate surface area is 132 Å². The fourth-order valence-corrected chi connectivity index (χ4v) is 1.67. The monoisotopic (exact) mass is 313 g/mol. The van der Waals surface area contributed by atoms with Crippen LogP contribution in [0.1, 0.15) is 38.1 Å². The largest absolute Gasteiger partial charge is 0.345 e. The molecule has 4 N–H and O–H groups in total. The zero-order chi connectivity index (χ0) is 15.3. The number of hydrogen-bond acceptors (Lipinski definition) is 3. The lowest BCUT2D eigenvalue weighted by Gasteiger charge is -2.33. The lowest BCUT2D eigenvalue weighted by atomic mass is 9.88. The molecule has 0 spiro atoms. The minimum Gasteiger partial charge on any atom is -0.345 e. The van der Waals surface area contributed by atoms with E-state index >= 15 is 0 Å². The molecule has 0 radical (unpaired) electrons. The van der Waals surface area contributed by atoms with Crippen LogP contribution in [0.5, 0.6) is 0 Å².